The van der Waals surface area contributed by atoms with Gasteiger partial charge >= 0.3 is 5.97 Å². The Kier molecular flexibility index (Phi) is 6.61. The maximum atomic E-state index is 12.6. The van der Waals surface area contributed by atoms with Gasteiger partial charge in [-0.15, -0.1) is 0 Å². The molecule has 30 heavy (non-hydrogen) atoms. The van der Waals surface area contributed by atoms with Crippen LogP contribution >= 0.6 is 0 Å². The van der Waals surface area contributed by atoms with Gasteiger partial charge in [0.25, 0.3) is 5.91 Å². The van der Waals surface area contributed by atoms with Crippen molar-refractivity contribution in [2.75, 3.05) is 20.3 Å². The van der Waals surface area contributed by atoms with Gasteiger partial charge in [-0.1, -0.05) is 12.7 Å². The lowest BCUT2D eigenvalue weighted by molar-refractivity contribution is 0.0520. The van der Waals surface area contributed by atoms with Crippen molar-refractivity contribution in [1.82, 2.24) is 10.3 Å². The average molecular weight is 408 g/mol. The van der Waals surface area contributed by atoms with Gasteiger partial charge in [0.15, 0.2) is 12.0 Å². The third-order valence-corrected chi connectivity index (χ3v) is 4.88. The summed E-state index contributed by atoms with van der Waals surface area (Å²) >= 11 is 0. The number of aromatic nitrogens is 1. The first-order valence-corrected chi connectivity index (χ1v) is 9.78. The van der Waals surface area contributed by atoms with Gasteiger partial charge in [-0.25, -0.2) is 9.78 Å². The van der Waals surface area contributed by atoms with Crippen molar-refractivity contribution in [3.63, 3.8) is 0 Å². The summed E-state index contributed by atoms with van der Waals surface area (Å²) in [5, 5.41) is 2.83. The monoisotopic (exact) mass is 408 g/mol. The van der Waals surface area contributed by atoms with Gasteiger partial charge in [-0.05, 0) is 55.5 Å². The zero-order valence-corrected chi connectivity index (χ0v) is 17.1. The second-order valence-corrected chi connectivity index (χ2v) is 6.97. The Balaban J connectivity index is 2.08. The normalized spacial score (nSPS) is 12.7. The Hall–Kier alpha value is -3.48. The second-order valence-electron chi connectivity index (χ2n) is 6.97. The zero-order chi connectivity index (χ0) is 21.7. The number of aldehydes is 1. The molecule has 0 bridgehead atoms. The van der Waals surface area contributed by atoms with E-state index in [2.05, 4.69) is 16.9 Å². The molecule has 0 aliphatic heterocycles. The van der Waals surface area contributed by atoms with Crippen LogP contribution < -0.4 is 10.1 Å². The van der Waals surface area contributed by atoms with Crippen molar-refractivity contribution in [2.24, 2.45) is 5.92 Å². The Morgan fingerprint density at radius 2 is 2.00 bits per heavy atom. The Bertz CT molecular complexity index is 995. The predicted molar refractivity (Wildman–Crippen MR) is 113 cm³/mol. The molecule has 1 aliphatic carbocycles. The topological polar surface area (TPSA) is 94.6 Å². The summed E-state index contributed by atoms with van der Waals surface area (Å²) in [6.45, 7) is 6.15. The van der Waals surface area contributed by atoms with Crippen LogP contribution in [0.1, 0.15) is 56.7 Å². The van der Waals surface area contributed by atoms with Crippen LogP contribution in [0.3, 0.4) is 0 Å². The third-order valence-electron chi connectivity index (χ3n) is 4.88. The summed E-state index contributed by atoms with van der Waals surface area (Å²) in [4.78, 5) is 41.1. The van der Waals surface area contributed by atoms with Gasteiger partial charge in [0.1, 0.15) is 11.4 Å². The molecule has 0 radical (unpaired) electrons. The summed E-state index contributed by atoms with van der Waals surface area (Å²) < 4.78 is 10.5. The van der Waals surface area contributed by atoms with Gasteiger partial charge in [0, 0.05) is 23.2 Å². The van der Waals surface area contributed by atoms with Crippen molar-refractivity contribution in [1.29, 1.82) is 0 Å². The summed E-state index contributed by atoms with van der Waals surface area (Å²) in [6.07, 6.45) is 4.48. The number of amides is 1. The molecule has 1 aromatic carbocycles. The molecule has 1 fully saturated rings. The number of carbonyl (C=O) groups is 3. The fourth-order valence-corrected chi connectivity index (χ4v) is 3.09. The SMILES string of the molecule is C=Cc1cc(C=O)c(-c2ccc(C(=O)NCC3CC3)nc2C(=O)OCC)cc1OC. The minimum Gasteiger partial charge on any atom is -0.496 e. The number of esters is 1. The van der Waals surface area contributed by atoms with Gasteiger partial charge < -0.3 is 14.8 Å². The molecule has 7 nitrogen and oxygen atoms in total. The van der Waals surface area contributed by atoms with Crippen LogP contribution in [0.15, 0.2) is 30.8 Å². The Labute approximate surface area is 175 Å². The summed E-state index contributed by atoms with van der Waals surface area (Å²) in [7, 11) is 1.50. The molecule has 7 heteroatoms. The zero-order valence-electron chi connectivity index (χ0n) is 17.1. The molecule has 1 aliphatic rings. The van der Waals surface area contributed by atoms with E-state index in [1.807, 2.05) is 0 Å². The van der Waals surface area contributed by atoms with Crippen molar-refractivity contribution in [2.45, 2.75) is 19.8 Å². The van der Waals surface area contributed by atoms with Crippen LogP contribution in [0, 0.1) is 5.92 Å². The Morgan fingerprint density at radius 1 is 1.23 bits per heavy atom. The first kappa shape index (κ1) is 21.2. The molecule has 1 heterocycles. The fourth-order valence-electron chi connectivity index (χ4n) is 3.09. The first-order chi connectivity index (χ1) is 14.5. The van der Waals surface area contributed by atoms with Gasteiger partial charge in [-0.3, -0.25) is 9.59 Å². The van der Waals surface area contributed by atoms with Crippen LogP contribution in [0.5, 0.6) is 5.75 Å². The van der Waals surface area contributed by atoms with Gasteiger partial charge in [-0.2, -0.15) is 0 Å². The average Bonchev–Trinajstić information content (AvgIpc) is 3.60. The molecule has 2 aromatic rings. The number of nitrogens with one attached hydrogen (secondary N) is 1. The first-order valence-electron chi connectivity index (χ1n) is 9.78. The molecule has 1 N–H and O–H groups in total. The number of benzene rings is 1. The molecule has 0 unspecified atom stereocenters. The van der Waals surface area contributed by atoms with E-state index < -0.39 is 5.97 Å². The second kappa shape index (κ2) is 9.35. The molecule has 1 amide bonds. The number of hydrogen-bond acceptors (Lipinski definition) is 6. The number of carbonyl (C=O) groups excluding carboxylic acids is 3. The lowest BCUT2D eigenvalue weighted by Gasteiger charge is -2.14. The smallest absolute Gasteiger partial charge is 0.357 e. The molecular weight excluding hydrogens is 384 g/mol. The van der Waals surface area contributed by atoms with Crippen LogP contribution in [0.4, 0.5) is 0 Å². The number of nitrogens with zero attached hydrogens (tertiary/aromatic N) is 1. The summed E-state index contributed by atoms with van der Waals surface area (Å²) in [6, 6.07) is 6.40. The number of rotatable bonds is 9. The molecule has 1 aromatic heterocycles. The van der Waals surface area contributed by atoms with E-state index in [-0.39, 0.29) is 23.9 Å². The predicted octanol–water partition coefficient (Wildman–Crippen LogP) is 3.53. The summed E-state index contributed by atoms with van der Waals surface area (Å²) in [5.74, 6) is -0.0162. The van der Waals surface area contributed by atoms with Crippen molar-refractivity contribution in [3.8, 4) is 16.9 Å². The van der Waals surface area contributed by atoms with E-state index in [4.69, 9.17) is 9.47 Å². The van der Waals surface area contributed by atoms with E-state index in [1.165, 1.54) is 13.2 Å². The molecule has 1 saturated carbocycles. The maximum Gasteiger partial charge on any atom is 0.357 e. The highest BCUT2D eigenvalue weighted by Crippen LogP contribution is 2.33. The maximum absolute atomic E-state index is 12.6. The number of ether oxygens (including phenoxy) is 2. The lowest BCUT2D eigenvalue weighted by Crippen LogP contribution is -2.27. The van der Waals surface area contributed by atoms with Crippen LogP contribution in [0.2, 0.25) is 0 Å². The van der Waals surface area contributed by atoms with E-state index in [0.717, 1.165) is 12.8 Å². The molecule has 0 saturated heterocycles. The van der Waals surface area contributed by atoms with E-state index in [1.54, 1.807) is 31.2 Å². The standard InChI is InChI=1S/C23H24N2O5/c1-4-15-10-16(13-26)18(11-20(15)29-3)17-8-9-19(22(27)24-12-14-6-7-14)25-21(17)23(28)30-5-2/h4,8-11,13-14H,1,5-7,12H2,2-3H3,(H,24,27). The largest absolute Gasteiger partial charge is 0.496 e. The highest BCUT2D eigenvalue weighted by atomic mass is 16.5. The van der Waals surface area contributed by atoms with E-state index >= 15 is 0 Å². The lowest BCUT2D eigenvalue weighted by atomic mass is 9.95. The molecule has 156 valence electrons. The number of hydrogen-bond donors (Lipinski definition) is 1. The minimum absolute atomic E-state index is 0.0348. The molecule has 0 atom stereocenters. The van der Waals surface area contributed by atoms with Gasteiger partial charge in [0.05, 0.1) is 13.7 Å². The quantitative estimate of drug-likeness (QED) is 0.504. The van der Waals surface area contributed by atoms with E-state index in [9.17, 15) is 14.4 Å². The van der Waals surface area contributed by atoms with Crippen LogP contribution in [-0.4, -0.2) is 43.4 Å². The van der Waals surface area contributed by atoms with Crippen LogP contribution in [0.25, 0.3) is 17.2 Å². The van der Waals surface area contributed by atoms with Gasteiger partial charge in [0.2, 0.25) is 0 Å². The summed E-state index contributed by atoms with van der Waals surface area (Å²) in [5.41, 5.74) is 1.89. The molecule has 3 rings (SSSR count). The molecule has 0 spiro atoms. The number of methoxy groups -OCH3 is 1. The van der Waals surface area contributed by atoms with Crippen molar-refractivity contribution < 1.29 is 23.9 Å². The Morgan fingerprint density at radius 3 is 2.60 bits per heavy atom. The molecular formula is C23H24N2O5. The number of pyridine rings is 1. The van der Waals surface area contributed by atoms with Crippen molar-refractivity contribution >= 4 is 24.2 Å². The fraction of sp³-hybridized carbons (Fsp3) is 0.304. The highest BCUT2D eigenvalue weighted by Gasteiger charge is 2.24. The highest BCUT2D eigenvalue weighted by molar-refractivity contribution is 6.01. The van der Waals surface area contributed by atoms with E-state index in [0.29, 0.717) is 46.8 Å². The van der Waals surface area contributed by atoms with Crippen LogP contribution in [-0.2, 0) is 4.74 Å². The minimum atomic E-state index is -0.673. The third kappa shape index (κ3) is 4.56. The van der Waals surface area contributed by atoms with Crippen molar-refractivity contribution in [3.05, 3.63) is 53.4 Å².